The molecule has 5 heteroatoms. The lowest BCUT2D eigenvalue weighted by Crippen LogP contribution is -2.23. The minimum atomic E-state index is 0.140. The minimum absolute atomic E-state index is 0.140. The van der Waals surface area contributed by atoms with Gasteiger partial charge in [0.15, 0.2) is 0 Å². The lowest BCUT2D eigenvalue weighted by atomic mass is 10.0. The van der Waals surface area contributed by atoms with E-state index in [1.54, 1.807) is 6.20 Å². The SMILES string of the molecule is CCCNC(c1ccnnc1)c1cnn(CCC)c1. The molecule has 2 heterocycles. The summed E-state index contributed by atoms with van der Waals surface area (Å²) in [5.74, 6) is 0. The van der Waals surface area contributed by atoms with Crippen LogP contribution in [-0.4, -0.2) is 26.5 Å². The van der Waals surface area contributed by atoms with Gasteiger partial charge in [-0.25, -0.2) is 0 Å². The highest BCUT2D eigenvalue weighted by Gasteiger charge is 2.15. The summed E-state index contributed by atoms with van der Waals surface area (Å²) in [7, 11) is 0. The van der Waals surface area contributed by atoms with Crippen LogP contribution in [0.4, 0.5) is 0 Å². The molecule has 2 aromatic heterocycles. The first-order valence-electron chi connectivity index (χ1n) is 6.87. The molecule has 2 aromatic rings. The average molecular weight is 259 g/mol. The van der Waals surface area contributed by atoms with Gasteiger partial charge in [0.2, 0.25) is 0 Å². The van der Waals surface area contributed by atoms with Crippen LogP contribution in [0.3, 0.4) is 0 Å². The van der Waals surface area contributed by atoms with Crippen molar-refractivity contribution in [3.05, 3.63) is 42.0 Å². The summed E-state index contributed by atoms with van der Waals surface area (Å²) in [4.78, 5) is 0. The standard InChI is InChI=1S/C14H21N5/c1-3-6-15-14(12-5-7-16-17-9-12)13-10-18-19(11-13)8-4-2/h5,7,9-11,14-15H,3-4,6,8H2,1-2H3. The second kappa shape index (κ2) is 6.99. The lowest BCUT2D eigenvalue weighted by Gasteiger charge is -2.16. The highest BCUT2D eigenvalue weighted by atomic mass is 15.3. The summed E-state index contributed by atoms with van der Waals surface area (Å²) < 4.78 is 1.99. The first-order chi connectivity index (χ1) is 9.35. The zero-order valence-electron chi connectivity index (χ0n) is 11.6. The molecule has 102 valence electrons. The van der Waals surface area contributed by atoms with Gasteiger partial charge in [-0.2, -0.15) is 15.3 Å². The Kier molecular flexibility index (Phi) is 5.03. The van der Waals surface area contributed by atoms with Gasteiger partial charge < -0.3 is 5.32 Å². The fraction of sp³-hybridized carbons (Fsp3) is 0.500. The van der Waals surface area contributed by atoms with Crippen molar-refractivity contribution in [3.8, 4) is 0 Å². The largest absolute Gasteiger partial charge is 0.306 e. The van der Waals surface area contributed by atoms with Crippen molar-refractivity contribution >= 4 is 0 Å². The van der Waals surface area contributed by atoms with E-state index in [9.17, 15) is 0 Å². The van der Waals surface area contributed by atoms with Gasteiger partial charge in [0.1, 0.15) is 0 Å². The van der Waals surface area contributed by atoms with Crippen LogP contribution in [-0.2, 0) is 6.54 Å². The maximum absolute atomic E-state index is 4.40. The first kappa shape index (κ1) is 13.7. The zero-order valence-corrected chi connectivity index (χ0v) is 11.6. The van der Waals surface area contributed by atoms with Crippen molar-refractivity contribution in [2.75, 3.05) is 6.54 Å². The third kappa shape index (κ3) is 3.61. The first-order valence-corrected chi connectivity index (χ1v) is 6.87. The summed E-state index contributed by atoms with van der Waals surface area (Å²) in [6.07, 6.45) is 9.76. The molecule has 0 aliphatic carbocycles. The fourth-order valence-corrected chi connectivity index (χ4v) is 2.07. The normalized spacial score (nSPS) is 12.5. The molecule has 5 nitrogen and oxygen atoms in total. The van der Waals surface area contributed by atoms with Gasteiger partial charge in [-0.1, -0.05) is 13.8 Å². The molecule has 1 N–H and O–H groups in total. The van der Waals surface area contributed by atoms with Crippen LogP contribution in [0.15, 0.2) is 30.9 Å². The molecule has 19 heavy (non-hydrogen) atoms. The molecule has 1 atom stereocenters. The highest BCUT2D eigenvalue weighted by Crippen LogP contribution is 2.20. The second-order valence-corrected chi connectivity index (χ2v) is 4.60. The van der Waals surface area contributed by atoms with E-state index in [0.717, 1.165) is 31.5 Å². The molecule has 0 saturated heterocycles. The van der Waals surface area contributed by atoms with Gasteiger partial charge in [-0.15, -0.1) is 0 Å². The van der Waals surface area contributed by atoms with E-state index in [0.29, 0.717) is 0 Å². The van der Waals surface area contributed by atoms with E-state index in [-0.39, 0.29) is 6.04 Å². The summed E-state index contributed by atoms with van der Waals surface area (Å²) in [6, 6.07) is 2.14. The highest BCUT2D eigenvalue weighted by molar-refractivity contribution is 5.25. The van der Waals surface area contributed by atoms with Crippen molar-refractivity contribution in [3.63, 3.8) is 0 Å². The molecular formula is C14H21N5. The van der Waals surface area contributed by atoms with Crippen LogP contribution in [0.5, 0.6) is 0 Å². The number of hydrogen-bond acceptors (Lipinski definition) is 4. The van der Waals surface area contributed by atoms with Crippen LogP contribution in [0.1, 0.15) is 43.9 Å². The summed E-state index contributed by atoms with van der Waals surface area (Å²) in [5.41, 5.74) is 2.30. The molecule has 0 spiro atoms. The molecule has 1 unspecified atom stereocenters. The molecule has 0 amide bonds. The van der Waals surface area contributed by atoms with Crippen LogP contribution >= 0.6 is 0 Å². The molecule has 0 radical (unpaired) electrons. The quantitative estimate of drug-likeness (QED) is 0.828. The van der Waals surface area contributed by atoms with Crippen LogP contribution in [0.25, 0.3) is 0 Å². The Hall–Kier alpha value is -1.75. The monoisotopic (exact) mass is 259 g/mol. The van der Waals surface area contributed by atoms with E-state index in [4.69, 9.17) is 0 Å². The molecule has 0 fully saturated rings. The Balaban J connectivity index is 2.21. The zero-order chi connectivity index (χ0) is 13.5. The van der Waals surface area contributed by atoms with Crippen molar-refractivity contribution in [1.29, 1.82) is 0 Å². The van der Waals surface area contributed by atoms with Gasteiger partial charge >= 0.3 is 0 Å². The van der Waals surface area contributed by atoms with E-state index in [2.05, 4.69) is 40.7 Å². The van der Waals surface area contributed by atoms with Gasteiger partial charge in [0.05, 0.1) is 18.4 Å². The predicted octanol–water partition coefficient (Wildman–Crippen LogP) is 2.17. The van der Waals surface area contributed by atoms with Crippen molar-refractivity contribution in [1.82, 2.24) is 25.3 Å². The van der Waals surface area contributed by atoms with Gasteiger partial charge in [-0.05, 0) is 31.0 Å². The Morgan fingerprint density at radius 2 is 2.05 bits per heavy atom. The van der Waals surface area contributed by atoms with Crippen molar-refractivity contribution in [2.45, 2.75) is 39.3 Å². The van der Waals surface area contributed by atoms with Crippen molar-refractivity contribution in [2.24, 2.45) is 0 Å². The third-order valence-electron chi connectivity index (χ3n) is 2.98. The maximum atomic E-state index is 4.40. The Morgan fingerprint density at radius 3 is 2.74 bits per heavy atom. The molecule has 0 aliphatic heterocycles. The van der Waals surface area contributed by atoms with Crippen LogP contribution < -0.4 is 5.32 Å². The smallest absolute Gasteiger partial charge is 0.0624 e. The number of aryl methyl sites for hydroxylation is 1. The lowest BCUT2D eigenvalue weighted by molar-refractivity contribution is 0.586. The maximum Gasteiger partial charge on any atom is 0.0624 e. The number of nitrogens with one attached hydrogen (secondary N) is 1. The second-order valence-electron chi connectivity index (χ2n) is 4.60. The number of hydrogen-bond donors (Lipinski definition) is 1. The Morgan fingerprint density at radius 1 is 1.16 bits per heavy atom. The fourth-order valence-electron chi connectivity index (χ4n) is 2.07. The van der Waals surface area contributed by atoms with E-state index in [1.165, 1.54) is 5.56 Å². The third-order valence-corrected chi connectivity index (χ3v) is 2.98. The minimum Gasteiger partial charge on any atom is -0.306 e. The summed E-state index contributed by atoms with van der Waals surface area (Å²) in [6.45, 7) is 6.23. The molecule has 0 saturated carbocycles. The topological polar surface area (TPSA) is 55.6 Å². The van der Waals surface area contributed by atoms with E-state index >= 15 is 0 Å². The van der Waals surface area contributed by atoms with Gasteiger partial charge in [-0.3, -0.25) is 4.68 Å². The van der Waals surface area contributed by atoms with E-state index < -0.39 is 0 Å². The van der Waals surface area contributed by atoms with Gasteiger partial charge in [0.25, 0.3) is 0 Å². The predicted molar refractivity (Wildman–Crippen MR) is 74.7 cm³/mol. The van der Waals surface area contributed by atoms with E-state index in [1.807, 2.05) is 23.1 Å². The molecule has 0 bridgehead atoms. The van der Waals surface area contributed by atoms with Gasteiger partial charge in [0, 0.05) is 24.5 Å². The Bertz CT molecular complexity index is 480. The average Bonchev–Trinajstić information content (AvgIpc) is 2.89. The number of nitrogens with zero attached hydrogens (tertiary/aromatic N) is 4. The summed E-state index contributed by atoms with van der Waals surface area (Å²) in [5, 5.41) is 15.7. The van der Waals surface area contributed by atoms with Crippen molar-refractivity contribution < 1.29 is 0 Å². The molecule has 0 aromatic carbocycles. The van der Waals surface area contributed by atoms with Crippen LogP contribution in [0, 0.1) is 0 Å². The molecule has 0 aliphatic rings. The number of aromatic nitrogens is 4. The molecule has 2 rings (SSSR count). The Labute approximate surface area is 114 Å². The number of rotatable bonds is 7. The van der Waals surface area contributed by atoms with Crippen LogP contribution in [0.2, 0.25) is 0 Å². The molecular weight excluding hydrogens is 238 g/mol. The summed E-state index contributed by atoms with van der Waals surface area (Å²) >= 11 is 0.